The van der Waals surface area contributed by atoms with Crippen LogP contribution in [0, 0.1) is 17.0 Å². The number of aryl methyl sites for hydroxylation is 2. The number of rotatable bonds is 4. The summed E-state index contributed by atoms with van der Waals surface area (Å²) < 4.78 is 1.83. The van der Waals surface area contributed by atoms with Gasteiger partial charge >= 0.3 is 5.69 Å². The van der Waals surface area contributed by atoms with Crippen LogP contribution >= 0.6 is 11.6 Å². The fourth-order valence-corrected chi connectivity index (χ4v) is 2.04. The Morgan fingerprint density at radius 1 is 1.50 bits per heavy atom. The molecule has 9 heteroatoms. The van der Waals surface area contributed by atoms with Gasteiger partial charge in [0.05, 0.1) is 11.5 Å². The van der Waals surface area contributed by atoms with Gasteiger partial charge in [-0.1, -0.05) is 0 Å². The molecule has 2 rings (SSSR count). The minimum absolute atomic E-state index is 0.0187. The Morgan fingerprint density at radius 2 is 2.20 bits per heavy atom. The van der Waals surface area contributed by atoms with Crippen LogP contribution in [0.5, 0.6) is 0 Å². The molecule has 0 fully saturated rings. The molecule has 0 atom stereocenters. The third kappa shape index (κ3) is 2.69. The first-order chi connectivity index (χ1) is 9.40. The number of hydrogen-bond acceptors (Lipinski definition) is 6. The summed E-state index contributed by atoms with van der Waals surface area (Å²) in [4.78, 5) is 24.2. The summed E-state index contributed by atoms with van der Waals surface area (Å²) in [6, 6.07) is 0. The smallest absolute Gasteiger partial charge is 0.332 e. The van der Waals surface area contributed by atoms with E-state index < -0.39 is 4.92 Å². The fraction of sp³-hybridized carbons (Fsp3) is 0.364. The highest BCUT2D eigenvalue weighted by molar-refractivity contribution is 6.28. The molecule has 2 aromatic heterocycles. The molecule has 106 valence electrons. The van der Waals surface area contributed by atoms with Gasteiger partial charge in [-0.3, -0.25) is 10.1 Å². The summed E-state index contributed by atoms with van der Waals surface area (Å²) in [5.41, 5.74) is 0.0859. The van der Waals surface area contributed by atoms with Crippen molar-refractivity contribution in [1.29, 1.82) is 0 Å². The minimum atomic E-state index is -0.504. The first-order valence-electron chi connectivity index (χ1n) is 5.76. The molecule has 0 saturated heterocycles. The van der Waals surface area contributed by atoms with Gasteiger partial charge in [-0.25, -0.2) is 9.97 Å². The Morgan fingerprint density at radius 3 is 2.75 bits per heavy atom. The van der Waals surface area contributed by atoms with Gasteiger partial charge in [0, 0.05) is 26.5 Å². The van der Waals surface area contributed by atoms with Gasteiger partial charge in [0.25, 0.3) is 0 Å². The fourth-order valence-electron chi connectivity index (χ4n) is 1.83. The Balaban J connectivity index is 2.41. The van der Waals surface area contributed by atoms with E-state index in [1.54, 1.807) is 24.3 Å². The highest BCUT2D eigenvalue weighted by atomic mass is 35.5. The molecule has 0 aliphatic heterocycles. The van der Waals surface area contributed by atoms with Crippen LogP contribution in [0.4, 0.5) is 11.5 Å². The van der Waals surface area contributed by atoms with Crippen LogP contribution in [0.2, 0.25) is 5.28 Å². The minimum Gasteiger partial charge on any atom is -0.346 e. The maximum Gasteiger partial charge on any atom is 0.332 e. The van der Waals surface area contributed by atoms with E-state index in [-0.39, 0.29) is 22.5 Å². The summed E-state index contributed by atoms with van der Waals surface area (Å²) in [5, 5.41) is 11.1. The summed E-state index contributed by atoms with van der Waals surface area (Å²) in [5.74, 6) is 0.935. The number of anilines is 1. The van der Waals surface area contributed by atoms with Crippen molar-refractivity contribution in [2.24, 2.45) is 7.05 Å². The summed E-state index contributed by atoms with van der Waals surface area (Å²) in [6.07, 6.45) is 3.46. The van der Waals surface area contributed by atoms with Crippen molar-refractivity contribution in [2.45, 2.75) is 13.5 Å². The van der Waals surface area contributed by atoms with E-state index in [0.29, 0.717) is 6.54 Å². The maximum absolute atomic E-state index is 11.2. The molecule has 0 bridgehead atoms. The van der Waals surface area contributed by atoms with Crippen LogP contribution in [-0.4, -0.2) is 31.5 Å². The second kappa shape index (κ2) is 5.41. The summed E-state index contributed by atoms with van der Waals surface area (Å²) in [7, 11) is 3.54. The molecule has 20 heavy (non-hydrogen) atoms. The number of halogens is 1. The first-order valence-corrected chi connectivity index (χ1v) is 6.13. The van der Waals surface area contributed by atoms with Crippen molar-refractivity contribution in [2.75, 3.05) is 11.9 Å². The molecular weight excluding hydrogens is 284 g/mol. The lowest BCUT2D eigenvalue weighted by atomic mass is 10.3. The van der Waals surface area contributed by atoms with Crippen LogP contribution < -0.4 is 4.90 Å². The van der Waals surface area contributed by atoms with Crippen LogP contribution in [0.3, 0.4) is 0 Å². The van der Waals surface area contributed by atoms with Gasteiger partial charge in [-0.15, -0.1) is 0 Å². The largest absolute Gasteiger partial charge is 0.346 e. The van der Waals surface area contributed by atoms with Crippen molar-refractivity contribution in [3.63, 3.8) is 0 Å². The van der Waals surface area contributed by atoms with E-state index in [9.17, 15) is 10.1 Å². The molecule has 0 spiro atoms. The average Bonchev–Trinajstić information content (AvgIpc) is 2.73. The van der Waals surface area contributed by atoms with Crippen molar-refractivity contribution >= 4 is 23.1 Å². The van der Waals surface area contributed by atoms with E-state index in [4.69, 9.17) is 11.6 Å². The van der Waals surface area contributed by atoms with Crippen molar-refractivity contribution in [3.05, 3.63) is 39.3 Å². The predicted molar refractivity (Wildman–Crippen MR) is 73.7 cm³/mol. The second-order valence-corrected chi connectivity index (χ2v) is 4.66. The van der Waals surface area contributed by atoms with Crippen molar-refractivity contribution in [3.8, 4) is 0 Å². The van der Waals surface area contributed by atoms with E-state index in [2.05, 4.69) is 15.0 Å². The van der Waals surface area contributed by atoms with Crippen molar-refractivity contribution in [1.82, 2.24) is 19.5 Å². The lowest BCUT2D eigenvalue weighted by molar-refractivity contribution is -0.385. The molecule has 2 heterocycles. The highest BCUT2D eigenvalue weighted by Crippen LogP contribution is 2.29. The zero-order valence-electron chi connectivity index (χ0n) is 11.2. The molecule has 2 aromatic rings. The zero-order chi connectivity index (χ0) is 14.9. The quantitative estimate of drug-likeness (QED) is 0.485. The molecule has 0 aliphatic carbocycles. The lowest BCUT2D eigenvalue weighted by Crippen LogP contribution is -2.22. The molecule has 0 amide bonds. The van der Waals surface area contributed by atoms with Crippen LogP contribution in [0.1, 0.15) is 11.5 Å². The number of nitro groups is 1. The van der Waals surface area contributed by atoms with Gasteiger partial charge in [0.15, 0.2) is 0 Å². The normalized spacial score (nSPS) is 10.6. The zero-order valence-corrected chi connectivity index (χ0v) is 12.0. The van der Waals surface area contributed by atoms with Crippen molar-refractivity contribution < 1.29 is 4.92 Å². The van der Waals surface area contributed by atoms with E-state index >= 15 is 0 Å². The van der Waals surface area contributed by atoms with E-state index in [1.807, 2.05) is 11.6 Å². The van der Waals surface area contributed by atoms with Crippen LogP contribution in [-0.2, 0) is 13.6 Å². The topological polar surface area (TPSA) is 90.0 Å². The molecule has 8 nitrogen and oxygen atoms in total. The van der Waals surface area contributed by atoms with Crippen LogP contribution in [0.25, 0.3) is 0 Å². The molecule has 0 saturated carbocycles. The molecular formula is C11H13ClN6O2. The number of aromatic nitrogens is 4. The van der Waals surface area contributed by atoms with Gasteiger partial charge in [-0.05, 0) is 18.5 Å². The average molecular weight is 297 g/mol. The van der Waals surface area contributed by atoms with Crippen LogP contribution in [0.15, 0.2) is 12.4 Å². The molecule has 0 radical (unpaired) electrons. The van der Waals surface area contributed by atoms with Gasteiger partial charge in [-0.2, -0.15) is 4.98 Å². The lowest BCUT2D eigenvalue weighted by Gasteiger charge is -2.18. The highest BCUT2D eigenvalue weighted by Gasteiger charge is 2.25. The monoisotopic (exact) mass is 296 g/mol. The maximum atomic E-state index is 11.2. The summed E-state index contributed by atoms with van der Waals surface area (Å²) in [6.45, 7) is 1.90. The third-order valence-corrected chi connectivity index (χ3v) is 3.03. The van der Waals surface area contributed by atoms with E-state index in [0.717, 1.165) is 5.82 Å². The Hall–Kier alpha value is -2.22. The second-order valence-electron chi connectivity index (χ2n) is 4.32. The van der Waals surface area contributed by atoms with Gasteiger partial charge < -0.3 is 9.47 Å². The summed E-state index contributed by atoms with van der Waals surface area (Å²) >= 11 is 5.79. The number of imidazole rings is 1. The standard InChI is InChI=1S/C11H13ClN6O2/c1-7-9(18(19)20)10(15-11(12)14-7)17(3)6-8-13-4-5-16(8)2/h4-5H,6H2,1-3H3. The van der Waals surface area contributed by atoms with Gasteiger partial charge in [0.1, 0.15) is 11.5 Å². The van der Waals surface area contributed by atoms with Gasteiger partial charge in [0.2, 0.25) is 11.1 Å². The Bertz CT molecular complexity index is 656. The number of hydrogen-bond donors (Lipinski definition) is 0. The molecule has 0 aromatic carbocycles. The number of nitrogens with zero attached hydrogens (tertiary/aromatic N) is 6. The molecule has 0 aliphatic rings. The Kier molecular flexibility index (Phi) is 3.84. The molecule has 0 unspecified atom stereocenters. The predicted octanol–water partition coefficient (Wildman–Crippen LogP) is 1.72. The third-order valence-electron chi connectivity index (χ3n) is 2.86. The molecule has 0 N–H and O–H groups in total. The SMILES string of the molecule is Cc1nc(Cl)nc(N(C)Cc2nccn2C)c1[N+](=O)[O-]. The Labute approximate surface area is 120 Å². The van der Waals surface area contributed by atoms with E-state index in [1.165, 1.54) is 6.92 Å². The first kappa shape index (κ1) is 14.2.